The highest BCUT2D eigenvalue weighted by Gasteiger charge is 2.53. The summed E-state index contributed by atoms with van der Waals surface area (Å²) >= 11 is 0. The smallest absolute Gasteiger partial charge is 0.319 e. The molecule has 0 saturated heterocycles. The third kappa shape index (κ3) is 7.28. The fourth-order valence-electron chi connectivity index (χ4n) is 8.33. The largest absolute Gasteiger partial charge is 0.372 e. The molecule has 0 fully saturated rings. The number of anilines is 2. The monoisotopic (exact) mass is 691 g/mol. The van der Waals surface area contributed by atoms with Crippen molar-refractivity contribution in [2.24, 2.45) is 5.41 Å². The summed E-state index contributed by atoms with van der Waals surface area (Å²) in [5.74, 6) is 0. The van der Waals surface area contributed by atoms with Crippen LogP contribution in [0.3, 0.4) is 0 Å². The summed E-state index contributed by atoms with van der Waals surface area (Å²) in [7, 11) is 0. The lowest BCUT2D eigenvalue weighted by atomic mass is 9.79. The zero-order chi connectivity index (χ0) is 36.9. The molecule has 4 heteroatoms. The first-order chi connectivity index (χ1) is 25.1. The first-order valence-corrected chi connectivity index (χ1v) is 19.6. The summed E-state index contributed by atoms with van der Waals surface area (Å²) in [6.45, 7) is 24.3. The Kier molecular flexibility index (Phi) is 11.3. The Balaban J connectivity index is 1.23. The predicted molar refractivity (Wildman–Crippen MR) is 224 cm³/mol. The van der Waals surface area contributed by atoms with Crippen LogP contribution in [0.25, 0.3) is 12.2 Å². The van der Waals surface area contributed by atoms with Crippen molar-refractivity contribution in [3.63, 3.8) is 0 Å². The van der Waals surface area contributed by atoms with Crippen LogP contribution >= 0.6 is 0 Å². The van der Waals surface area contributed by atoms with E-state index in [1.165, 1.54) is 56.4 Å². The maximum Gasteiger partial charge on any atom is 0.319 e. The van der Waals surface area contributed by atoms with Crippen LogP contribution in [-0.2, 0) is 5.41 Å². The molecule has 0 bridgehead atoms. The zero-order valence-electron chi connectivity index (χ0n) is 32.9. The minimum Gasteiger partial charge on any atom is -0.372 e. The van der Waals surface area contributed by atoms with Gasteiger partial charge < -0.3 is 9.80 Å². The number of hydrogen-bond donors (Lipinski definition) is 0. The highest BCUT2D eigenvalue weighted by Crippen LogP contribution is 2.43. The Morgan fingerprint density at radius 2 is 1.10 bits per heavy atom. The molecule has 0 aromatic heterocycles. The number of para-hydroxylation sites is 1. The van der Waals surface area contributed by atoms with E-state index in [0.717, 1.165) is 52.1 Å². The fraction of sp³-hybridized carbons (Fsp3) is 0.375. The maximum absolute atomic E-state index is 3.61. The van der Waals surface area contributed by atoms with Gasteiger partial charge in [-0.05, 0) is 103 Å². The van der Waals surface area contributed by atoms with Gasteiger partial charge in [0, 0.05) is 74.2 Å². The second-order valence-corrected chi connectivity index (χ2v) is 15.2. The molecule has 0 saturated carbocycles. The highest BCUT2D eigenvalue weighted by atomic mass is 15.1. The number of benzene rings is 3. The molecule has 3 aromatic carbocycles. The molecule has 0 amide bonds. The lowest BCUT2D eigenvalue weighted by molar-refractivity contribution is -0.473. The van der Waals surface area contributed by atoms with Gasteiger partial charge in [0.15, 0.2) is 12.3 Å². The predicted octanol–water partition coefficient (Wildman–Crippen LogP) is 10.6. The molecular formula is C48H59N4+3. The van der Waals surface area contributed by atoms with Gasteiger partial charge in [-0.1, -0.05) is 42.5 Å². The van der Waals surface area contributed by atoms with Gasteiger partial charge in [0.25, 0.3) is 0 Å². The van der Waals surface area contributed by atoms with Crippen molar-refractivity contribution in [3.8, 4) is 0 Å². The van der Waals surface area contributed by atoms with Crippen LogP contribution in [0.4, 0.5) is 17.1 Å². The van der Waals surface area contributed by atoms with Crippen LogP contribution in [0, 0.1) is 11.5 Å². The molecule has 0 N–H and O–H groups in total. The zero-order valence-corrected chi connectivity index (χ0v) is 32.9. The van der Waals surface area contributed by atoms with E-state index in [1.54, 1.807) is 0 Å². The van der Waals surface area contributed by atoms with Crippen molar-refractivity contribution < 1.29 is 9.15 Å². The summed E-state index contributed by atoms with van der Waals surface area (Å²) in [6, 6.07) is 27.0. The average Bonchev–Trinajstić information content (AvgIpc) is 3.51. The number of hydrogen-bond acceptors (Lipinski definition) is 2. The fourth-order valence-corrected chi connectivity index (χ4v) is 8.33. The van der Waals surface area contributed by atoms with Gasteiger partial charge in [-0.3, -0.25) is 0 Å². The van der Waals surface area contributed by atoms with Gasteiger partial charge in [-0.15, -0.1) is 4.58 Å². The second-order valence-electron chi connectivity index (χ2n) is 15.2. The average molecular weight is 692 g/mol. The second kappa shape index (κ2) is 15.8. The molecule has 0 unspecified atom stereocenters. The van der Waals surface area contributed by atoms with Crippen molar-refractivity contribution in [1.29, 1.82) is 0 Å². The van der Waals surface area contributed by atoms with E-state index >= 15 is 0 Å². The highest BCUT2D eigenvalue weighted by molar-refractivity contribution is 6.05. The van der Waals surface area contributed by atoms with E-state index in [1.807, 2.05) is 0 Å². The van der Waals surface area contributed by atoms with Gasteiger partial charge in [-0.2, -0.15) is 4.58 Å². The van der Waals surface area contributed by atoms with Crippen molar-refractivity contribution in [2.45, 2.75) is 73.6 Å². The van der Waals surface area contributed by atoms with E-state index in [2.05, 4.69) is 196 Å². The third-order valence-electron chi connectivity index (χ3n) is 11.4. The van der Waals surface area contributed by atoms with Crippen molar-refractivity contribution in [1.82, 2.24) is 0 Å². The SMILES string of the molecule is CCN(CC)c1ccc(C=CC2=[N+](CCCC[N+]3=C(C=Cc4ccc(N(CC)CC)cc4)C(C)(C)c4ccccc43)C3=CC=C[C+]=C3C2(C)C)cc1. The topological polar surface area (TPSA) is 12.5 Å². The number of allylic oxidation sites excluding steroid dienone is 7. The van der Waals surface area contributed by atoms with E-state index < -0.39 is 0 Å². The summed E-state index contributed by atoms with van der Waals surface area (Å²) in [6.07, 6.45) is 21.6. The van der Waals surface area contributed by atoms with Gasteiger partial charge in [0.2, 0.25) is 17.0 Å². The molecule has 3 aromatic rings. The summed E-state index contributed by atoms with van der Waals surface area (Å²) in [5, 5.41) is 0. The maximum atomic E-state index is 3.61. The van der Waals surface area contributed by atoms with Gasteiger partial charge in [-0.25, -0.2) is 0 Å². The number of unbranched alkanes of at least 4 members (excludes halogenated alkanes) is 1. The summed E-state index contributed by atoms with van der Waals surface area (Å²) in [5.41, 5.74) is 12.9. The Morgan fingerprint density at radius 3 is 1.63 bits per heavy atom. The van der Waals surface area contributed by atoms with E-state index in [9.17, 15) is 0 Å². The molecule has 4 nitrogen and oxygen atoms in total. The normalized spacial score (nSPS) is 17.1. The van der Waals surface area contributed by atoms with Crippen LogP contribution in [0.2, 0.25) is 0 Å². The first kappa shape index (κ1) is 37.0. The minimum atomic E-state index is -0.124. The lowest BCUT2D eigenvalue weighted by Crippen LogP contribution is -2.28. The summed E-state index contributed by atoms with van der Waals surface area (Å²) in [4.78, 5) is 4.78. The molecular weight excluding hydrogens is 633 g/mol. The third-order valence-corrected chi connectivity index (χ3v) is 11.4. The standard InChI is InChI=1S/C48H59N4/c1-9-49(10-2)39-29-23-37(24-30-39)27-33-45-47(5,6)41-19-13-15-21-43(41)51(45)35-17-18-36-52-44-22-16-14-20-42(44)48(7,8)46(52)34-28-38-25-31-40(32-26-38)50(11-3)12-4/h13-16,19,21-34H,9-12,17-18,35-36H2,1-8H3/q+3. The molecule has 6 rings (SSSR count). The number of rotatable bonds is 15. The van der Waals surface area contributed by atoms with E-state index in [-0.39, 0.29) is 10.8 Å². The number of nitrogens with zero attached hydrogens (tertiary/aromatic N) is 4. The minimum absolute atomic E-state index is 0.0721. The first-order valence-electron chi connectivity index (χ1n) is 19.6. The van der Waals surface area contributed by atoms with Crippen molar-refractivity contribution in [3.05, 3.63) is 137 Å². The molecule has 2 heterocycles. The molecule has 0 atom stereocenters. The van der Waals surface area contributed by atoms with Gasteiger partial charge in [0.05, 0.1) is 17.6 Å². The molecule has 0 spiro atoms. The molecule has 3 aliphatic rings. The van der Waals surface area contributed by atoms with Crippen LogP contribution in [0.15, 0.2) is 114 Å². The molecule has 0 radical (unpaired) electrons. The molecule has 1 aliphatic carbocycles. The molecule has 52 heavy (non-hydrogen) atoms. The lowest BCUT2D eigenvalue weighted by Gasteiger charge is -2.20. The van der Waals surface area contributed by atoms with Gasteiger partial charge >= 0.3 is 5.70 Å². The quantitative estimate of drug-likeness (QED) is 0.0894. The Morgan fingerprint density at radius 1 is 0.596 bits per heavy atom. The Hall–Kier alpha value is -4.79. The Bertz CT molecular complexity index is 1950. The van der Waals surface area contributed by atoms with Gasteiger partial charge in [0.1, 0.15) is 24.1 Å². The van der Waals surface area contributed by atoms with Crippen LogP contribution in [0.1, 0.15) is 84.9 Å². The summed E-state index contributed by atoms with van der Waals surface area (Å²) < 4.78 is 5.14. The number of fused-ring (bicyclic) bond motifs is 2. The van der Waals surface area contributed by atoms with Crippen LogP contribution in [0.5, 0.6) is 0 Å². The van der Waals surface area contributed by atoms with E-state index in [4.69, 9.17) is 0 Å². The molecule has 2 aliphatic heterocycles. The molecule has 268 valence electrons. The van der Waals surface area contributed by atoms with E-state index in [0.29, 0.717) is 0 Å². The van der Waals surface area contributed by atoms with Crippen molar-refractivity contribution in [2.75, 3.05) is 49.1 Å². The Labute approximate surface area is 314 Å². The van der Waals surface area contributed by atoms with Crippen molar-refractivity contribution >= 4 is 40.6 Å². The van der Waals surface area contributed by atoms with Crippen LogP contribution in [-0.4, -0.2) is 59.8 Å². The van der Waals surface area contributed by atoms with Crippen LogP contribution < -0.4 is 9.80 Å².